The second-order valence-corrected chi connectivity index (χ2v) is 7.27. The normalized spacial score (nSPS) is 11.6. The van der Waals surface area contributed by atoms with Gasteiger partial charge in [-0.1, -0.05) is 17.7 Å². The molecule has 0 aliphatic rings. The summed E-state index contributed by atoms with van der Waals surface area (Å²) in [5, 5.41) is 0.476. The molecule has 0 spiro atoms. The fourth-order valence-electron chi connectivity index (χ4n) is 1.89. The fourth-order valence-corrected chi connectivity index (χ4v) is 3.55. The molecule has 5 heteroatoms. The van der Waals surface area contributed by atoms with Crippen molar-refractivity contribution in [2.24, 2.45) is 0 Å². The van der Waals surface area contributed by atoms with E-state index in [1.54, 1.807) is 30.3 Å². The highest BCUT2D eigenvalue weighted by Crippen LogP contribution is 2.24. The van der Waals surface area contributed by atoms with Gasteiger partial charge in [0.25, 0.3) is 0 Å². The Kier molecular flexibility index (Phi) is 4.06. The molecule has 106 valence electrons. The number of halogens is 1. The zero-order valence-electron chi connectivity index (χ0n) is 11.4. The number of aryl methyl sites for hydroxylation is 2. The molecule has 3 nitrogen and oxygen atoms in total. The zero-order chi connectivity index (χ0) is 14.9. The minimum Gasteiger partial charge on any atom is -0.398 e. The Bertz CT molecular complexity index is 754. The van der Waals surface area contributed by atoms with Crippen LogP contribution in [0.5, 0.6) is 0 Å². The van der Waals surface area contributed by atoms with Gasteiger partial charge in [-0.25, -0.2) is 8.42 Å². The molecule has 0 saturated carbocycles. The van der Waals surface area contributed by atoms with Crippen molar-refractivity contribution in [3.63, 3.8) is 0 Å². The summed E-state index contributed by atoms with van der Waals surface area (Å²) >= 11 is 5.89. The second-order valence-electron chi connectivity index (χ2n) is 4.85. The average molecular weight is 310 g/mol. The van der Waals surface area contributed by atoms with Crippen LogP contribution >= 0.6 is 11.6 Å². The van der Waals surface area contributed by atoms with Crippen LogP contribution in [-0.2, 0) is 15.6 Å². The number of hydrogen-bond donors (Lipinski definition) is 1. The lowest BCUT2D eigenvalue weighted by Crippen LogP contribution is -2.07. The Labute approximate surface area is 124 Å². The van der Waals surface area contributed by atoms with Crippen molar-refractivity contribution in [3.05, 3.63) is 58.1 Å². The highest BCUT2D eigenvalue weighted by molar-refractivity contribution is 7.90. The predicted molar refractivity (Wildman–Crippen MR) is 82.7 cm³/mol. The highest BCUT2D eigenvalue weighted by Gasteiger charge is 2.17. The van der Waals surface area contributed by atoms with Gasteiger partial charge in [0.1, 0.15) is 0 Å². The van der Waals surface area contributed by atoms with E-state index in [1.165, 1.54) is 0 Å². The summed E-state index contributed by atoms with van der Waals surface area (Å²) < 4.78 is 24.9. The van der Waals surface area contributed by atoms with Gasteiger partial charge in [-0.2, -0.15) is 0 Å². The van der Waals surface area contributed by atoms with E-state index in [2.05, 4.69) is 0 Å². The molecule has 2 aromatic rings. The molecule has 0 atom stereocenters. The number of sulfone groups is 1. The molecule has 0 saturated heterocycles. The number of anilines is 1. The van der Waals surface area contributed by atoms with Crippen LogP contribution in [0.25, 0.3) is 0 Å². The molecular weight excluding hydrogens is 294 g/mol. The van der Waals surface area contributed by atoms with E-state index in [1.807, 2.05) is 19.9 Å². The van der Waals surface area contributed by atoms with Gasteiger partial charge in [-0.3, -0.25) is 0 Å². The van der Waals surface area contributed by atoms with Crippen LogP contribution in [-0.4, -0.2) is 8.42 Å². The molecule has 0 amide bonds. The topological polar surface area (TPSA) is 60.2 Å². The summed E-state index contributed by atoms with van der Waals surface area (Å²) in [6.45, 7) is 3.84. The Morgan fingerprint density at radius 3 is 2.40 bits per heavy atom. The molecule has 0 unspecified atom stereocenters. The standard InChI is InChI=1S/C15H16ClNO2S/c1-10-3-5-14(7-11(10)2)20(18,19)9-12-8-13(16)4-6-15(12)17/h3-8H,9,17H2,1-2H3. The van der Waals surface area contributed by atoms with E-state index in [9.17, 15) is 8.42 Å². The minimum atomic E-state index is -3.43. The third kappa shape index (κ3) is 3.14. The molecular formula is C15H16ClNO2S. The van der Waals surface area contributed by atoms with Crippen LogP contribution in [0.3, 0.4) is 0 Å². The van der Waals surface area contributed by atoms with E-state index >= 15 is 0 Å². The number of benzene rings is 2. The Hall–Kier alpha value is -1.52. The summed E-state index contributed by atoms with van der Waals surface area (Å²) in [5.74, 6) is -0.151. The van der Waals surface area contributed by atoms with E-state index in [0.29, 0.717) is 21.2 Å². The molecule has 20 heavy (non-hydrogen) atoms. The molecule has 2 aromatic carbocycles. The Morgan fingerprint density at radius 1 is 1.05 bits per heavy atom. The summed E-state index contributed by atoms with van der Waals surface area (Å²) in [5.41, 5.74) is 8.77. The van der Waals surface area contributed by atoms with E-state index in [0.717, 1.165) is 11.1 Å². The van der Waals surface area contributed by atoms with Gasteiger partial charge in [-0.05, 0) is 60.9 Å². The van der Waals surface area contributed by atoms with Crippen molar-refractivity contribution in [1.29, 1.82) is 0 Å². The van der Waals surface area contributed by atoms with Crippen molar-refractivity contribution in [1.82, 2.24) is 0 Å². The van der Waals surface area contributed by atoms with Crippen molar-refractivity contribution >= 4 is 27.1 Å². The third-order valence-electron chi connectivity index (χ3n) is 3.29. The van der Waals surface area contributed by atoms with Crippen LogP contribution in [0, 0.1) is 13.8 Å². The largest absolute Gasteiger partial charge is 0.398 e. The molecule has 0 fully saturated rings. The lowest BCUT2D eigenvalue weighted by atomic mass is 10.1. The van der Waals surface area contributed by atoms with Crippen LogP contribution in [0.1, 0.15) is 16.7 Å². The fraction of sp³-hybridized carbons (Fsp3) is 0.200. The van der Waals surface area contributed by atoms with Crippen molar-refractivity contribution in [2.45, 2.75) is 24.5 Å². The van der Waals surface area contributed by atoms with Crippen molar-refractivity contribution in [3.8, 4) is 0 Å². The van der Waals surface area contributed by atoms with Gasteiger partial charge in [0.2, 0.25) is 0 Å². The molecule has 2 N–H and O–H groups in total. The first-order chi connectivity index (χ1) is 9.29. The van der Waals surface area contributed by atoms with E-state index < -0.39 is 9.84 Å². The number of nitrogens with two attached hydrogens (primary N) is 1. The molecule has 0 aromatic heterocycles. The summed E-state index contributed by atoms with van der Waals surface area (Å²) in [6.07, 6.45) is 0. The molecule has 2 rings (SSSR count). The van der Waals surface area contributed by atoms with Gasteiger partial charge in [0, 0.05) is 10.7 Å². The first kappa shape index (κ1) is 14.9. The monoisotopic (exact) mass is 309 g/mol. The lowest BCUT2D eigenvalue weighted by Gasteiger charge is -2.09. The number of nitrogen functional groups attached to an aromatic ring is 1. The quantitative estimate of drug-likeness (QED) is 0.883. The van der Waals surface area contributed by atoms with Gasteiger partial charge < -0.3 is 5.73 Å². The van der Waals surface area contributed by atoms with Gasteiger partial charge in [0.05, 0.1) is 10.6 Å². The highest BCUT2D eigenvalue weighted by atomic mass is 35.5. The first-order valence-corrected chi connectivity index (χ1v) is 8.16. The lowest BCUT2D eigenvalue weighted by molar-refractivity contribution is 0.595. The summed E-state index contributed by atoms with van der Waals surface area (Å²) in [4.78, 5) is 0.306. The maximum absolute atomic E-state index is 12.4. The van der Waals surface area contributed by atoms with Gasteiger partial charge >= 0.3 is 0 Å². The van der Waals surface area contributed by atoms with E-state index in [4.69, 9.17) is 17.3 Å². The van der Waals surface area contributed by atoms with E-state index in [-0.39, 0.29) is 5.75 Å². The van der Waals surface area contributed by atoms with Crippen molar-refractivity contribution < 1.29 is 8.42 Å². The van der Waals surface area contributed by atoms with Gasteiger partial charge in [-0.15, -0.1) is 0 Å². The van der Waals surface area contributed by atoms with Crippen LogP contribution in [0.15, 0.2) is 41.3 Å². The zero-order valence-corrected chi connectivity index (χ0v) is 12.9. The van der Waals surface area contributed by atoms with Crippen LogP contribution in [0.2, 0.25) is 5.02 Å². The second kappa shape index (κ2) is 5.46. The van der Waals surface area contributed by atoms with Crippen LogP contribution in [0.4, 0.5) is 5.69 Å². The molecule has 0 radical (unpaired) electrons. The summed E-state index contributed by atoms with van der Waals surface area (Å²) in [7, 11) is -3.43. The van der Waals surface area contributed by atoms with Crippen LogP contribution < -0.4 is 5.73 Å². The first-order valence-electron chi connectivity index (χ1n) is 6.13. The minimum absolute atomic E-state index is 0.151. The molecule has 0 aliphatic heterocycles. The molecule has 0 aliphatic carbocycles. The molecule has 0 heterocycles. The van der Waals surface area contributed by atoms with Crippen molar-refractivity contribution in [2.75, 3.05) is 5.73 Å². The predicted octanol–water partition coefficient (Wildman–Crippen LogP) is 3.51. The van der Waals surface area contributed by atoms with Gasteiger partial charge in [0.15, 0.2) is 9.84 Å². The Morgan fingerprint density at radius 2 is 1.75 bits per heavy atom. The maximum atomic E-state index is 12.4. The number of rotatable bonds is 3. The third-order valence-corrected chi connectivity index (χ3v) is 5.19. The number of hydrogen-bond acceptors (Lipinski definition) is 3. The summed E-state index contributed by atoms with van der Waals surface area (Å²) in [6, 6.07) is 9.97. The SMILES string of the molecule is Cc1ccc(S(=O)(=O)Cc2cc(Cl)ccc2N)cc1C. The smallest absolute Gasteiger partial charge is 0.182 e. The molecule has 0 bridgehead atoms. The Balaban J connectivity index is 2.40. The average Bonchev–Trinajstić information content (AvgIpc) is 2.36. The maximum Gasteiger partial charge on any atom is 0.182 e.